The van der Waals surface area contributed by atoms with Gasteiger partial charge in [0.1, 0.15) is 0 Å². The molecule has 2 aromatic carbocycles. The van der Waals surface area contributed by atoms with E-state index in [0.717, 1.165) is 38.5 Å². The zero-order valence-corrected chi connectivity index (χ0v) is 19.9. The average Bonchev–Trinajstić information content (AvgIpc) is 2.89. The van der Waals surface area contributed by atoms with E-state index in [2.05, 4.69) is 17.4 Å². The van der Waals surface area contributed by atoms with E-state index >= 15 is 0 Å². The Morgan fingerprint density at radius 1 is 0.824 bits per heavy atom. The van der Waals surface area contributed by atoms with Gasteiger partial charge in [-0.05, 0) is 49.4 Å². The minimum Gasteiger partial charge on any atom is -0.339 e. The molecule has 0 spiro atoms. The number of hydrogen-bond donors (Lipinski definition) is 1. The molecule has 1 aliphatic carbocycles. The second-order valence-corrected chi connectivity index (χ2v) is 9.42. The predicted octanol–water partition coefficient (Wildman–Crippen LogP) is 4.51. The molecule has 1 heterocycles. The number of anilines is 1. The molecule has 1 saturated heterocycles. The highest BCUT2D eigenvalue weighted by Crippen LogP contribution is 2.25. The van der Waals surface area contributed by atoms with E-state index in [1.165, 1.54) is 12.0 Å². The van der Waals surface area contributed by atoms with Crippen LogP contribution in [0.2, 0.25) is 0 Å². The highest BCUT2D eigenvalue weighted by atomic mass is 16.2. The Bertz CT molecular complexity index is 977. The van der Waals surface area contributed by atoms with E-state index in [-0.39, 0.29) is 23.6 Å². The van der Waals surface area contributed by atoms with Gasteiger partial charge in [0.2, 0.25) is 11.8 Å². The highest BCUT2D eigenvalue weighted by molar-refractivity contribution is 5.97. The number of aryl methyl sites for hydroxylation is 1. The fraction of sp³-hybridized carbons (Fsp3) is 0.464. The Hall–Kier alpha value is -3.15. The first kappa shape index (κ1) is 24.0. The van der Waals surface area contributed by atoms with Crippen molar-refractivity contribution in [3.63, 3.8) is 0 Å². The van der Waals surface area contributed by atoms with Crippen LogP contribution in [0.4, 0.5) is 5.69 Å². The first-order valence-corrected chi connectivity index (χ1v) is 12.6. The van der Waals surface area contributed by atoms with Crippen LogP contribution in [0.1, 0.15) is 60.9 Å². The Balaban J connectivity index is 1.24. The van der Waals surface area contributed by atoms with Gasteiger partial charge in [0.15, 0.2) is 0 Å². The van der Waals surface area contributed by atoms with Gasteiger partial charge >= 0.3 is 0 Å². The topological polar surface area (TPSA) is 69.7 Å². The van der Waals surface area contributed by atoms with Crippen LogP contribution in [-0.4, -0.2) is 53.7 Å². The first-order chi connectivity index (χ1) is 16.6. The second-order valence-electron chi connectivity index (χ2n) is 9.42. The maximum atomic E-state index is 13.1. The lowest BCUT2D eigenvalue weighted by Gasteiger charge is -2.35. The molecule has 2 fully saturated rings. The summed E-state index contributed by atoms with van der Waals surface area (Å²) in [6, 6.07) is 17.4. The van der Waals surface area contributed by atoms with Gasteiger partial charge in [-0.15, -0.1) is 0 Å². The summed E-state index contributed by atoms with van der Waals surface area (Å²) in [6.45, 7) is 2.19. The molecule has 6 heteroatoms. The van der Waals surface area contributed by atoms with Crippen molar-refractivity contribution in [1.82, 2.24) is 9.80 Å². The summed E-state index contributed by atoms with van der Waals surface area (Å²) in [5, 5.41) is 3.00. The van der Waals surface area contributed by atoms with Crippen LogP contribution in [0.25, 0.3) is 0 Å². The molecule has 1 saturated carbocycles. The van der Waals surface area contributed by atoms with Gasteiger partial charge in [-0.2, -0.15) is 0 Å². The van der Waals surface area contributed by atoms with Crippen LogP contribution in [0.3, 0.4) is 0 Å². The van der Waals surface area contributed by atoms with E-state index in [1.54, 1.807) is 17.0 Å². The summed E-state index contributed by atoms with van der Waals surface area (Å²) in [5.41, 5.74) is 2.50. The van der Waals surface area contributed by atoms with Crippen molar-refractivity contribution in [1.29, 1.82) is 0 Å². The molecular weight excluding hydrogens is 426 g/mol. The number of benzene rings is 2. The lowest BCUT2D eigenvalue weighted by atomic mass is 9.88. The number of carbonyl (C=O) groups excluding carboxylic acids is 3. The third-order valence-electron chi connectivity index (χ3n) is 6.97. The number of carbonyl (C=O) groups is 3. The Morgan fingerprint density at radius 2 is 1.53 bits per heavy atom. The zero-order chi connectivity index (χ0) is 23.8. The Kier molecular flexibility index (Phi) is 8.34. The normalized spacial score (nSPS) is 16.8. The smallest absolute Gasteiger partial charge is 0.254 e. The van der Waals surface area contributed by atoms with E-state index in [4.69, 9.17) is 0 Å². The third kappa shape index (κ3) is 6.46. The van der Waals surface area contributed by atoms with Gasteiger partial charge in [-0.25, -0.2) is 0 Å². The number of rotatable bonds is 7. The van der Waals surface area contributed by atoms with E-state index in [0.29, 0.717) is 43.9 Å². The van der Waals surface area contributed by atoms with Crippen LogP contribution in [0, 0.1) is 5.92 Å². The van der Waals surface area contributed by atoms with Gasteiger partial charge in [0.25, 0.3) is 5.91 Å². The monoisotopic (exact) mass is 461 g/mol. The predicted molar refractivity (Wildman–Crippen MR) is 134 cm³/mol. The quantitative estimate of drug-likeness (QED) is 0.659. The fourth-order valence-electron chi connectivity index (χ4n) is 4.93. The van der Waals surface area contributed by atoms with Crippen molar-refractivity contribution < 1.29 is 14.4 Å². The summed E-state index contributed by atoms with van der Waals surface area (Å²) in [4.78, 5) is 41.9. The van der Waals surface area contributed by atoms with Crippen LogP contribution in [-0.2, 0) is 16.0 Å². The summed E-state index contributed by atoms with van der Waals surface area (Å²) in [7, 11) is 0. The molecule has 34 heavy (non-hydrogen) atoms. The van der Waals surface area contributed by atoms with Gasteiger partial charge in [-0.3, -0.25) is 14.4 Å². The number of nitrogens with one attached hydrogen (secondary N) is 1. The van der Waals surface area contributed by atoms with Crippen molar-refractivity contribution in [2.24, 2.45) is 5.92 Å². The van der Waals surface area contributed by atoms with Crippen LogP contribution < -0.4 is 5.32 Å². The number of hydrogen-bond acceptors (Lipinski definition) is 3. The van der Waals surface area contributed by atoms with E-state index in [9.17, 15) is 14.4 Å². The molecule has 0 aromatic heterocycles. The summed E-state index contributed by atoms with van der Waals surface area (Å²) >= 11 is 0. The van der Waals surface area contributed by atoms with Gasteiger partial charge < -0.3 is 15.1 Å². The molecule has 6 nitrogen and oxygen atoms in total. The maximum Gasteiger partial charge on any atom is 0.254 e. The molecule has 1 aliphatic heterocycles. The minimum absolute atomic E-state index is 0.0510. The highest BCUT2D eigenvalue weighted by Gasteiger charge is 2.25. The van der Waals surface area contributed by atoms with Crippen molar-refractivity contribution >= 4 is 23.4 Å². The average molecular weight is 462 g/mol. The van der Waals surface area contributed by atoms with Crippen LogP contribution >= 0.6 is 0 Å². The van der Waals surface area contributed by atoms with Crippen molar-refractivity contribution in [3.8, 4) is 0 Å². The molecule has 180 valence electrons. The summed E-state index contributed by atoms with van der Waals surface area (Å²) in [6.07, 6.45) is 7.58. The molecule has 1 N–H and O–H groups in total. The number of piperazine rings is 1. The minimum atomic E-state index is -0.0510. The van der Waals surface area contributed by atoms with E-state index < -0.39 is 0 Å². The number of nitrogens with zero attached hydrogens (tertiary/aromatic N) is 2. The number of amides is 3. The lowest BCUT2D eigenvalue weighted by molar-refractivity contribution is -0.132. The van der Waals surface area contributed by atoms with Crippen molar-refractivity contribution in [2.45, 2.75) is 51.4 Å². The molecule has 0 bridgehead atoms. The maximum absolute atomic E-state index is 13.1. The fourth-order valence-corrected chi connectivity index (χ4v) is 4.93. The summed E-state index contributed by atoms with van der Waals surface area (Å²) in [5.74, 6) is 0.246. The van der Waals surface area contributed by atoms with Crippen molar-refractivity contribution in [3.05, 3.63) is 65.7 Å². The Labute approximate surface area is 202 Å². The second kappa shape index (κ2) is 11.8. The molecule has 0 atom stereocenters. The van der Waals surface area contributed by atoms with Gasteiger partial charge in [0.05, 0.1) is 0 Å². The molecule has 0 radical (unpaired) electrons. The molecule has 4 rings (SSSR count). The third-order valence-corrected chi connectivity index (χ3v) is 6.97. The molecule has 2 aromatic rings. The lowest BCUT2D eigenvalue weighted by Crippen LogP contribution is -2.50. The molecular formula is C28H35N3O3. The molecule has 2 aliphatic rings. The first-order valence-electron chi connectivity index (χ1n) is 12.6. The largest absolute Gasteiger partial charge is 0.339 e. The zero-order valence-electron chi connectivity index (χ0n) is 19.9. The standard InChI is InChI=1S/C28H35N3O3/c32-26(16-7-11-22-9-3-1-4-10-22)30-17-19-31(20-18-30)28(34)24-14-8-15-25(21-24)29-27(33)23-12-5-2-6-13-23/h1,3-4,8-10,14-15,21,23H,2,5-7,11-13,16-20H2,(H,29,33). The van der Waals surface area contributed by atoms with Gasteiger partial charge in [-0.1, -0.05) is 55.7 Å². The van der Waals surface area contributed by atoms with E-state index in [1.807, 2.05) is 35.2 Å². The van der Waals surface area contributed by atoms with Crippen molar-refractivity contribution in [2.75, 3.05) is 31.5 Å². The van der Waals surface area contributed by atoms with Gasteiger partial charge in [0, 0.05) is 49.8 Å². The Morgan fingerprint density at radius 3 is 2.26 bits per heavy atom. The van der Waals surface area contributed by atoms with Crippen LogP contribution in [0.5, 0.6) is 0 Å². The molecule has 0 unspecified atom stereocenters. The summed E-state index contributed by atoms with van der Waals surface area (Å²) < 4.78 is 0. The molecule has 3 amide bonds. The SMILES string of the molecule is O=C(Nc1cccc(C(=O)N2CCN(C(=O)CCCc3ccccc3)CC2)c1)C1CCCCC1. The van der Waals surface area contributed by atoms with Crippen LogP contribution in [0.15, 0.2) is 54.6 Å².